The van der Waals surface area contributed by atoms with E-state index in [1.165, 1.54) is 0 Å². The molecule has 0 aliphatic heterocycles. The van der Waals surface area contributed by atoms with E-state index in [0.29, 0.717) is 18.9 Å². The number of H-pyrrole nitrogens is 1. The van der Waals surface area contributed by atoms with E-state index < -0.39 is 0 Å². The van der Waals surface area contributed by atoms with Crippen molar-refractivity contribution in [3.05, 3.63) is 35.2 Å². The van der Waals surface area contributed by atoms with Crippen LogP contribution in [0.2, 0.25) is 0 Å². The minimum absolute atomic E-state index is 0.135. The van der Waals surface area contributed by atoms with Gasteiger partial charge in [0.05, 0.1) is 6.61 Å². The average molecular weight is 289 g/mol. The van der Waals surface area contributed by atoms with Gasteiger partial charge in [0, 0.05) is 13.0 Å². The third-order valence-electron chi connectivity index (χ3n) is 3.12. The van der Waals surface area contributed by atoms with Crippen LogP contribution in [0, 0.1) is 19.9 Å². The molecule has 3 N–H and O–H groups in total. The lowest BCUT2D eigenvalue weighted by molar-refractivity contribution is 0.304. The van der Waals surface area contributed by atoms with Crippen molar-refractivity contribution >= 4 is 0 Å². The highest BCUT2D eigenvalue weighted by Crippen LogP contribution is 2.21. The predicted octanol–water partition coefficient (Wildman–Crippen LogP) is 1.53. The molecule has 21 heavy (non-hydrogen) atoms. The summed E-state index contributed by atoms with van der Waals surface area (Å²) in [6.07, 6.45) is 1.64. The summed E-state index contributed by atoms with van der Waals surface area (Å²) in [5.74, 6) is 1.65. The fourth-order valence-electron chi connectivity index (χ4n) is 2.06. The first-order valence-corrected chi connectivity index (χ1v) is 7.08. The SMILES string of the molecule is Cc1c[c]cc(C)c1OCCCNCCc1nnc(O)[nH]1. The predicted molar refractivity (Wildman–Crippen MR) is 79.5 cm³/mol. The van der Waals surface area contributed by atoms with Gasteiger partial charge in [-0.3, -0.25) is 4.98 Å². The minimum atomic E-state index is -0.135. The molecule has 2 rings (SSSR count). The topological polar surface area (TPSA) is 83.1 Å². The Kier molecular flexibility index (Phi) is 5.57. The van der Waals surface area contributed by atoms with Crippen molar-refractivity contribution in [2.75, 3.05) is 19.7 Å². The summed E-state index contributed by atoms with van der Waals surface area (Å²) in [5, 5.41) is 19.6. The monoisotopic (exact) mass is 289 g/mol. The molecular formula is C15H21N4O2. The summed E-state index contributed by atoms with van der Waals surface area (Å²) in [5.41, 5.74) is 2.24. The number of aromatic nitrogens is 3. The van der Waals surface area contributed by atoms with E-state index in [0.717, 1.165) is 36.4 Å². The van der Waals surface area contributed by atoms with Crippen LogP contribution in [0.1, 0.15) is 23.4 Å². The van der Waals surface area contributed by atoms with Crippen LogP contribution in [0.3, 0.4) is 0 Å². The Morgan fingerprint density at radius 2 is 2.00 bits per heavy atom. The van der Waals surface area contributed by atoms with Crippen LogP contribution < -0.4 is 10.1 Å². The number of aromatic hydroxyl groups is 1. The Morgan fingerprint density at radius 1 is 1.24 bits per heavy atom. The lowest BCUT2D eigenvalue weighted by Gasteiger charge is -2.11. The lowest BCUT2D eigenvalue weighted by atomic mass is 10.1. The molecule has 1 aromatic carbocycles. The summed E-state index contributed by atoms with van der Waals surface area (Å²) in [7, 11) is 0. The van der Waals surface area contributed by atoms with Crippen LogP contribution in [0.5, 0.6) is 11.8 Å². The highest BCUT2D eigenvalue weighted by atomic mass is 16.5. The van der Waals surface area contributed by atoms with Gasteiger partial charge >= 0.3 is 6.01 Å². The summed E-state index contributed by atoms with van der Waals surface area (Å²) < 4.78 is 5.81. The van der Waals surface area contributed by atoms with Gasteiger partial charge in [0.25, 0.3) is 0 Å². The second-order valence-electron chi connectivity index (χ2n) is 4.95. The average Bonchev–Trinajstić information content (AvgIpc) is 2.86. The maximum Gasteiger partial charge on any atom is 0.311 e. The maximum atomic E-state index is 9.01. The number of rotatable bonds is 8. The maximum absolute atomic E-state index is 9.01. The third-order valence-corrected chi connectivity index (χ3v) is 3.12. The molecule has 2 aromatic rings. The van der Waals surface area contributed by atoms with Gasteiger partial charge in [0.15, 0.2) is 0 Å². The van der Waals surface area contributed by atoms with Gasteiger partial charge in [-0.1, -0.05) is 5.10 Å². The van der Waals surface area contributed by atoms with Gasteiger partial charge in [-0.05, 0) is 56.1 Å². The molecule has 1 heterocycles. The largest absolute Gasteiger partial charge is 0.493 e. The van der Waals surface area contributed by atoms with Crippen molar-refractivity contribution in [3.8, 4) is 11.8 Å². The highest BCUT2D eigenvalue weighted by Gasteiger charge is 2.03. The van der Waals surface area contributed by atoms with Crippen molar-refractivity contribution < 1.29 is 9.84 Å². The van der Waals surface area contributed by atoms with Crippen LogP contribution in [-0.4, -0.2) is 40.0 Å². The standard InChI is InChI=1S/C15H21N4O2/c1-11-5-3-6-12(2)14(11)21-10-4-8-16-9-7-13-17-15(20)19-18-13/h5-6,16H,4,7-10H2,1-2H3,(H2,17,18,19,20). The van der Waals surface area contributed by atoms with E-state index in [1.807, 2.05) is 26.0 Å². The molecule has 0 unspecified atom stereocenters. The van der Waals surface area contributed by atoms with E-state index in [9.17, 15) is 0 Å². The number of hydrogen-bond acceptors (Lipinski definition) is 5. The smallest absolute Gasteiger partial charge is 0.311 e. The Hall–Kier alpha value is -2.08. The number of nitrogens with zero attached hydrogens (tertiary/aromatic N) is 2. The van der Waals surface area contributed by atoms with Crippen molar-refractivity contribution in [2.45, 2.75) is 26.7 Å². The quantitative estimate of drug-likeness (QED) is 0.642. The van der Waals surface area contributed by atoms with E-state index in [1.54, 1.807) is 0 Å². The molecule has 0 amide bonds. The first kappa shape index (κ1) is 15.3. The zero-order valence-corrected chi connectivity index (χ0v) is 12.4. The fourth-order valence-corrected chi connectivity index (χ4v) is 2.06. The van der Waals surface area contributed by atoms with Gasteiger partial charge in [0.2, 0.25) is 0 Å². The molecule has 113 valence electrons. The fraction of sp³-hybridized carbons (Fsp3) is 0.467. The molecule has 6 heteroatoms. The Balaban J connectivity index is 1.58. The molecule has 0 bridgehead atoms. The van der Waals surface area contributed by atoms with Crippen LogP contribution in [0.4, 0.5) is 0 Å². The number of aromatic amines is 1. The minimum Gasteiger partial charge on any atom is -0.493 e. The lowest BCUT2D eigenvalue weighted by Crippen LogP contribution is -2.20. The van der Waals surface area contributed by atoms with E-state index in [2.05, 4.69) is 26.6 Å². The second kappa shape index (κ2) is 7.64. The molecule has 0 aliphatic carbocycles. The normalized spacial score (nSPS) is 10.8. The van der Waals surface area contributed by atoms with Crippen molar-refractivity contribution in [2.24, 2.45) is 0 Å². The highest BCUT2D eigenvalue weighted by molar-refractivity contribution is 5.39. The van der Waals surface area contributed by atoms with Crippen molar-refractivity contribution in [1.29, 1.82) is 0 Å². The molecule has 0 fully saturated rings. The third kappa shape index (κ3) is 4.75. The zero-order valence-electron chi connectivity index (χ0n) is 12.4. The van der Waals surface area contributed by atoms with E-state index >= 15 is 0 Å². The molecule has 0 atom stereocenters. The summed E-state index contributed by atoms with van der Waals surface area (Å²) in [6, 6.07) is 6.82. The molecular weight excluding hydrogens is 268 g/mol. The molecule has 0 aliphatic rings. The summed E-state index contributed by atoms with van der Waals surface area (Å²) >= 11 is 0. The van der Waals surface area contributed by atoms with Crippen LogP contribution in [-0.2, 0) is 6.42 Å². The van der Waals surface area contributed by atoms with E-state index in [-0.39, 0.29) is 6.01 Å². The first-order valence-electron chi connectivity index (χ1n) is 7.08. The number of nitrogens with one attached hydrogen (secondary N) is 2. The summed E-state index contributed by atoms with van der Waals surface area (Å²) in [6.45, 7) is 6.40. The van der Waals surface area contributed by atoms with Gasteiger partial charge in [-0.25, -0.2) is 0 Å². The number of benzene rings is 1. The number of hydrogen-bond donors (Lipinski definition) is 3. The number of aryl methyl sites for hydroxylation is 2. The molecule has 0 saturated carbocycles. The van der Waals surface area contributed by atoms with Crippen LogP contribution in [0.25, 0.3) is 0 Å². The van der Waals surface area contributed by atoms with E-state index in [4.69, 9.17) is 9.84 Å². The summed E-state index contributed by atoms with van der Waals surface area (Å²) in [4.78, 5) is 2.68. The van der Waals surface area contributed by atoms with Crippen molar-refractivity contribution in [1.82, 2.24) is 20.5 Å². The van der Waals surface area contributed by atoms with Gasteiger partial charge in [-0.2, -0.15) is 0 Å². The van der Waals surface area contributed by atoms with Gasteiger partial charge in [-0.15, -0.1) is 5.10 Å². The molecule has 6 nitrogen and oxygen atoms in total. The number of ether oxygens (including phenoxy) is 1. The van der Waals surface area contributed by atoms with Crippen LogP contribution >= 0.6 is 0 Å². The van der Waals surface area contributed by atoms with Gasteiger partial charge in [0.1, 0.15) is 11.6 Å². The Labute approximate surface area is 124 Å². The molecule has 1 aromatic heterocycles. The molecule has 0 spiro atoms. The second-order valence-corrected chi connectivity index (χ2v) is 4.95. The van der Waals surface area contributed by atoms with Crippen LogP contribution in [0.15, 0.2) is 12.1 Å². The molecule has 0 saturated heterocycles. The zero-order chi connectivity index (χ0) is 15.1. The van der Waals surface area contributed by atoms with Gasteiger partial charge < -0.3 is 15.2 Å². The van der Waals surface area contributed by atoms with Crippen molar-refractivity contribution in [3.63, 3.8) is 0 Å². The molecule has 1 radical (unpaired) electrons. The first-order chi connectivity index (χ1) is 10.2. The Bertz CT molecular complexity index is 548. The Morgan fingerprint density at radius 3 is 2.67 bits per heavy atom.